The van der Waals surface area contributed by atoms with Crippen molar-refractivity contribution < 1.29 is 21.4 Å². The zero-order valence-electron chi connectivity index (χ0n) is 13.5. The zero-order chi connectivity index (χ0) is 16.9. The van der Waals surface area contributed by atoms with Crippen LogP contribution in [0.1, 0.15) is 71.1 Å². The topological polar surface area (TPSA) is 91.3 Å². The van der Waals surface area contributed by atoms with Crippen molar-refractivity contribution in [2.75, 3.05) is 17.3 Å². The molecule has 0 bridgehead atoms. The van der Waals surface area contributed by atoms with Crippen molar-refractivity contribution in [2.24, 2.45) is 0 Å². The predicted octanol–water partition coefficient (Wildman–Crippen LogP) is 3.52. The molecule has 0 aliphatic rings. The summed E-state index contributed by atoms with van der Waals surface area (Å²) in [7, 11) is -7.47. The van der Waals surface area contributed by atoms with Crippen molar-refractivity contribution in [3.63, 3.8) is 0 Å². The van der Waals surface area contributed by atoms with E-state index in [0.29, 0.717) is 6.42 Å². The number of sulfone groups is 1. The van der Waals surface area contributed by atoms with Crippen molar-refractivity contribution in [1.82, 2.24) is 0 Å². The van der Waals surface area contributed by atoms with E-state index >= 15 is 0 Å². The highest BCUT2D eigenvalue weighted by atomic mass is 33.1. The molecule has 0 aliphatic carbocycles. The Balaban J connectivity index is 3.49. The smallest absolute Gasteiger partial charge is 0.151 e. The lowest BCUT2D eigenvalue weighted by molar-refractivity contribution is 0.482. The lowest BCUT2D eigenvalue weighted by Crippen LogP contribution is -2.13. The molecule has 0 atom stereocenters. The van der Waals surface area contributed by atoms with E-state index in [0.717, 1.165) is 19.3 Å². The Bertz CT molecular complexity index is 457. The molecule has 134 valence electrons. The Kier molecular flexibility index (Phi) is 12.7. The van der Waals surface area contributed by atoms with Gasteiger partial charge in [0.15, 0.2) is 9.84 Å². The number of hydrogen-bond donors (Lipinski definition) is 0. The van der Waals surface area contributed by atoms with Crippen LogP contribution in [0.3, 0.4) is 0 Å². The molecule has 0 unspecified atom stereocenters. The summed E-state index contributed by atoms with van der Waals surface area (Å²) in [6.45, 7) is 2.20. The van der Waals surface area contributed by atoms with Gasteiger partial charge in [-0.3, -0.25) is 0 Å². The molecule has 0 saturated carbocycles. The van der Waals surface area contributed by atoms with Crippen LogP contribution in [0.4, 0.5) is 0 Å². The highest BCUT2D eigenvalue weighted by molar-refractivity contribution is 8.69. The third-order valence-corrected chi connectivity index (χ3v) is 7.45. The van der Waals surface area contributed by atoms with E-state index in [1.54, 1.807) is 0 Å². The van der Waals surface area contributed by atoms with Crippen LogP contribution in [0.15, 0.2) is 0 Å². The summed E-state index contributed by atoms with van der Waals surface area (Å²) in [5.74, 6) is -0.328. The van der Waals surface area contributed by atoms with Gasteiger partial charge in [0.1, 0.15) is 9.15 Å². The van der Waals surface area contributed by atoms with Crippen LogP contribution in [0.5, 0.6) is 0 Å². The average molecular weight is 374 g/mol. The quantitative estimate of drug-likeness (QED) is 0.248. The van der Waals surface area contributed by atoms with Crippen LogP contribution in [0, 0.1) is 0 Å². The summed E-state index contributed by atoms with van der Waals surface area (Å²) in [5.41, 5.74) is 0. The van der Waals surface area contributed by atoms with Crippen LogP contribution < -0.4 is 0 Å². The van der Waals surface area contributed by atoms with Gasteiger partial charge in [0, 0.05) is 5.75 Å². The standard InChI is InChI=1S/C14H30O5S3/c1-2-3-4-5-6-7-8-9-10-11-13-21(15,16)14-12-20-22(17,18)19/h2-14H2,1H3,(H,17,18,19)/p-1. The normalized spacial score (nSPS) is 12.6. The van der Waals surface area contributed by atoms with Crippen LogP contribution in [-0.2, 0) is 19.0 Å². The van der Waals surface area contributed by atoms with Gasteiger partial charge in [0.05, 0.1) is 11.5 Å². The van der Waals surface area contributed by atoms with Crippen LogP contribution >= 0.6 is 10.8 Å². The number of unbranched alkanes of at least 4 members (excludes halogenated alkanes) is 9. The maximum atomic E-state index is 11.6. The summed E-state index contributed by atoms with van der Waals surface area (Å²) in [4.78, 5) is 0. The molecular formula is C14H29O5S3-. The summed E-state index contributed by atoms with van der Waals surface area (Å²) >= 11 is 0. The van der Waals surface area contributed by atoms with E-state index in [-0.39, 0.29) is 28.1 Å². The van der Waals surface area contributed by atoms with Crippen LogP contribution in [0.25, 0.3) is 0 Å². The van der Waals surface area contributed by atoms with E-state index in [1.807, 2.05) is 0 Å². The lowest BCUT2D eigenvalue weighted by Gasteiger charge is -2.07. The van der Waals surface area contributed by atoms with Gasteiger partial charge in [0.25, 0.3) is 0 Å². The molecule has 0 saturated heterocycles. The van der Waals surface area contributed by atoms with Crippen molar-refractivity contribution in [3.05, 3.63) is 0 Å². The Morgan fingerprint density at radius 3 is 1.64 bits per heavy atom. The van der Waals surface area contributed by atoms with E-state index in [2.05, 4.69) is 6.92 Å². The van der Waals surface area contributed by atoms with Gasteiger partial charge in [-0.1, -0.05) is 64.7 Å². The molecule has 0 amide bonds. The maximum absolute atomic E-state index is 11.6. The molecule has 0 fully saturated rings. The highest BCUT2D eigenvalue weighted by Crippen LogP contribution is 2.13. The molecule has 0 N–H and O–H groups in total. The minimum Gasteiger partial charge on any atom is -0.739 e. The Morgan fingerprint density at radius 1 is 0.727 bits per heavy atom. The first kappa shape index (κ1) is 22.2. The summed E-state index contributed by atoms with van der Waals surface area (Å²) in [5, 5.41) is 0. The van der Waals surface area contributed by atoms with Crippen LogP contribution in [-0.4, -0.2) is 38.6 Å². The van der Waals surface area contributed by atoms with Gasteiger partial charge in [-0.25, -0.2) is 16.8 Å². The molecule has 0 aliphatic heterocycles. The van der Waals surface area contributed by atoms with Crippen molar-refractivity contribution in [2.45, 2.75) is 71.1 Å². The number of hydrogen-bond acceptors (Lipinski definition) is 6. The van der Waals surface area contributed by atoms with E-state index < -0.39 is 19.0 Å². The van der Waals surface area contributed by atoms with E-state index in [1.165, 1.54) is 38.5 Å². The maximum Gasteiger partial charge on any atom is 0.151 e. The minimum atomic E-state index is -4.39. The summed E-state index contributed by atoms with van der Waals surface area (Å²) < 4.78 is 54.4. The third-order valence-electron chi connectivity index (χ3n) is 3.43. The predicted molar refractivity (Wildman–Crippen MR) is 92.7 cm³/mol. The first-order valence-corrected chi connectivity index (χ1v) is 12.8. The molecule has 5 nitrogen and oxygen atoms in total. The van der Waals surface area contributed by atoms with Gasteiger partial charge in [-0.05, 0) is 17.2 Å². The Hall–Kier alpha value is 0.210. The molecule has 0 rings (SSSR count). The average Bonchev–Trinajstić information content (AvgIpc) is 2.39. The largest absolute Gasteiger partial charge is 0.739 e. The molecule has 0 aromatic carbocycles. The van der Waals surface area contributed by atoms with Gasteiger partial charge in [-0.2, -0.15) is 0 Å². The lowest BCUT2D eigenvalue weighted by atomic mass is 10.1. The van der Waals surface area contributed by atoms with E-state index in [9.17, 15) is 21.4 Å². The fourth-order valence-electron chi connectivity index (χ4n) is 2.17. The molecule has 0 radical (unpaired) electrons. The van der Waals surface area contributed by atoms with Gasteiger partial charge >= 0.3 is 0 Å². The molecule has 0 aromatic heterocycles. The van der Waals surface area contributed by atoms with Crippen molar-refractivity contribution in [1.29, 1.82) is 0 Å². The minimum absolute atomic E-state index is 0.0863. The third kappa shape index (κ3) is 16.6. The first-order valence-electron chi connectivity index (χ1n) is 8.07. The van der Waals surface area contributed by atoms with Gasteiger partial charge in [0.2, 0.25) is 0 Å². The fourth-order valence-corrected chi connectivity index (χ4v) is 5.74. The highest BCUT2D eigenvalue weighted by Gasteiger charge is 2.11. The molecule has 0 heterocycles. The monoisotopic (exact) mass is 373 g/mol. The summed E-state index contributed by atoms with van der Waals surface area (Å²) in [6.07, 6.45) is 11.4. The van der Waals surface area contributed by atoms with Gasteiger partial charge in [-0.15, -0.1) is 0 Å². The second-order valence-corrected chi connectivity index (χ2v) is 11.3. The fraction of sp³-hybridized carbons (Fsp3) is 1.00. The molecule has 0 aromatic rings. The second kappa shape index (κ2) is 12.6. The Labute approximate surface area is 139 Å². The first-order chi connectivity index (χ1) is 10.3. The molecule has 22 heavy (non-hydrogen) atoms. The van der Waals surface area contributed by atoms with Crippen molar-refractivity contribution in [3.8, 4) is 0 Å². The number of rotatable bonds is 15. The summed E-state index contributed by atoms with van der Waals surface area (Å²) in [6, 6.07) is 0. The zero-order valence-corrected chi connectivity index (χ0v) is 15.9. The molecular weight excluding hydrogens is 344 g/mol. The van der Waals surface area contributed by atoms with E-state index in [4.69, 9.17) is 0 Å². The molecule has 8 heteroatoms. The molecule has 0 spiro atoms. The Morgan fingerprint density at radius 2 is 1.18 bits per heavy atom. The second-order valence-electron chi connectivity index (χ2n) is 5.56. The van der Waals surface area contributed by atoms with Gasteiger partial charge < -0.3 is 4.55 Å². The van der Waals surface area contributed by atoms with Crippen molar-refractivity contribution >= 4 is 29.8 Å². The van der Waals surface area contributed by atoms with Crippen LogP contribution in [0.2, 0.25) is 0 Å². The SMILES string of the molecule is CCCCCCCCCCCCS(=O)(=O)CCSS(=O)(=O)[O-].